The highest BCUT2D eigenvalue weighted by molar-refractivity contribution is 5.64. The van der Waals surface area contributed by atoms with Gasteiger partial charge in [-0.25, -0.2) is 0 Å². The monoisotopic (exact) mass is 293 g/mol. The van der Waals surface area contributed by atoms with Crippen LogP contribution in [-0.4, -0.2) is 0 Å². The summed E-state index contributed by atoms with van der Waals surface area (Å²) in [5.41, 5.74) is 1.19. The molecule has 0 fully saturated rings. The molecule has 0 spiro atoms. The minimum absolute atomic E-state index is 0.0163. The number of anilines is 2. The molecule has 0 atom stereocenters. The zero-order valence-electron chi connectivity index (χ0n) is 12.3. The predicted molar refractivity (Wildman–Crippen MR) is 79.9 cm³/mol. The highest BCUT2D eigenvalue weighted by Gasteiger charge is 2.33. The van der Waals surface area contributed by atoms with Crippen molar-refractivity contribution in [1.82, 2.24) is 0 Å². The van der Waals surface area contributed by atoms with E-state index in [0.717, 1.165) is 11.6 Å². The fraction of sp³-hybridized carbons (Fsp3) is 0.294. The second-order valence-electron chi connectivity index (χ2n) is 6.00. The molecule has 0 aliphatic heterocycles. The predicted octanol–water partition coefficient (Wildman–Crippen LogP) is 5.75. The second-order valence-corrected chi connectivity index (χ2v) is 6.00. The van der Waals surface area contributed by atoms with Gasteiger partial charge in [0, 0.05) is 5.69 Å². The second kappa shape index (κ2) is 5.43. The highest BCUT2D eigenvalue weighted by atomic mass is 19.4. The molecular weight excluding hydrogens is 275 g/mol. The van der Waals surface area contributed by atoms with Crippen molar-refractivity contribution in [1.29, 1.82) is 0 Å². The first-order chi connectivity index (χ1) is 9.68. The number of halogens is 3. The summed E-state index contributed by atoms with van der Waals surface area (Å²) in [6, 6.07) is 12.9. The summed E-state index contributed by atoms with van der Waals surface area (Å²) < 4.78 is 38.8. The normalized spacial score (nSPS) is 12.3. The van der Waals surface area contributed by atoms with Crippen LogP contribution in [0.5, 0.6) is 0 Å². The Labute approximate surface area is 122 Å². The van der Waals surface area contributed by atoms with Gasteiger partial charge in [0.2, 0.25) is 0 Å². The van der Waals surface area contributed by atoms with Gasteiger partial charge in [-0.2, -0.15) is 13.2 Å². The Morgan fingerprint density at radius 3 is 1.90 bits per heavy atom. The smallest absolute Gasteiger partial charge is 0.355 e. The fourth-order valence-electron chi connectivity index (χ4n) is 2.05. The Hall–Kier alpha value is -1.97. The first-order valence-corrected chi connectivity index (χ1v) is 6.72. The molecule has 21 heavy (non-hydrogen) atoms. The Morgan fingerprint density at radius 2 is 1.38 bits per heavy atom. The lowest BCUT2D eigenvalue weighted by molar-refractivity contribution is -0.136. The average Bonchev–Trinajstić information content (AvgIpc) is 2.37. The van der Waals surface area contributed by atoms with E-state index in [2.05, 4.69) is 26.1 Å². The Morgan fingerprint density at radius 1 is 0.810 bits per heavy atom. The quantitative estimate of drug-likeness (QED) is 0.743. The van der Waals surface area contributed by atoms with Gasteiger partial charge in [0.1, 0.15) is 0 Å². The minimum Gasteiger partial charge on any atom is -0.355 e. The first kappa shape index (κ1) is 15.4. The molecule has 1 N–H and O–H groups in total. The number of benzene rings is 2. The summed E-state index contributed by atoms with van der Waals surface area (Å²) >= 11 is 0. The molecule has 0 aliphatic carbocycles. The SMILES string of the molecule is CC(C)(C)c1ccc(Nc2ccccc2C(F)(F)F)cc1. The van der Waals surface area contributed by atoms with Crippen molar-refractivity contribution in [3.63, 3.8) is 0 Å². The first-order valence-electron chi connectivity index (χ1n) is 6.72. The third kappa shape index (κ3) is 3.78. The zero-order chi connectivity index (χ0) is 15.7. The Kier molecular flexibility index (Phi) is 3.99. The molecule has 0 heterocycles. The summed E-state index contributed by atoms with van der Waals surface area (Å²) in [5.74, 6) is 0. The van der Waals surface area contributed by atoms with Crippen LogP contribution in [0.4, 0.5) is 24.5 Å². The molecule has 1 nitrogen and oxygen atoms in total. The standard InChI is InChI=1S/C17H18F3N/c1-16(2,3)12-8-10-13(11-9-12)21-15-7-5-4-6-14(15)17(18,19)20/h4-11,21H,1-3H3. The fourth-order valence-corrected chi connectivity index (χ4v) is 2.05. The van der Waals surface area contributed by atoms with E-state index >= 15 is 0 Å². The molecule has 2 rings (SSSR count). The molecule has 0 aromatic heterocycles. The van der Waals surface area contributed by atoms with Crippen LogP contribution in [0.15, 0.2) is 48.5 Å². The highest BCUT2D eigenvalue weighted by Crippen LogP contribution is 2.36. The molecule has 0 bridgehead atoms. The van der Waals surface area contributed by atoms with Crippen LogP contribution in [0.25, 0.3) is 0 Å². The summed E-state index contributed by atoms with van der Waals surface area (Å²) in [6.07, 6.45) is -4.37. The summed E-state index contributed by atoms with van der Waals surface area (Å²) in [5, 5.41) is 2.84. The van der Waals surface area contributed by atoms with E-state index in [1.165, 1.54) is 12.1 Å². The number of alkyl halides is 3. The summed E-state index contributed by atoms with van der Waals surface area (Å²) in [4.78, 5) is 0. The Bertz CT molecular complexity index is 607. The Balaban J connectivity index is 2.27. The number of nitrogens with one attached hydrogen (secondary N) is 1. The molecule has 4 heteroatoms. The number of rotatable bonds is 2. The molecule has 2 aromatic carbocycles. The maximum absolute atomic E-state index is 12.9. The van der Waals surface area contributed by atoms with E-state index in [9.17, 15) is 13.2 Å². The number of para-hydroxylation sites is 1. The lowest BCUT2D eigenvalue weighted by Gasteiger charge is -2.20. The van der Waals surface area contributed by atoms with Gasteiger partial charge in [-0.05, 0) is 35.2 Å². The van der Waals surface area contributed by atoms with E-state index in [-0.39, 0.29) is 11.1 Å². The van der Waals surface area contributed by atoms with Crippen molar-refractivity contribution in [2.75, 3.05) is 5.32 Å². The van der Waals surface area contributed by atoms with Crippen LogP contribution in [0.2, 0.25) is 0 Å². The average molecular weight is 293 g/mol. The van der Waals surface area contributed by atoms with Gasteiger partial charge >= 0.3 is 6.18 Å². The van der Waals surface area contributed by atoms with Crippen LogP contribution >= 0.6 is 0 Å². The zero-order valence-corrected chi connectivity index (χ0v) is 12.3. The molecule has 0 saturated carbocycles. The van der Waals surface area contributed by atoms with Gasteiger partial charge < -0.3 is 5.32 Å². The van der Waals surface area contributed by atoms with E-state index in [1.807, 2.05) is 12.1 Å². The molecule has 0 radical (unpaired) electrons. The molecule has 0 aliphatic rings. The number of hydrogen-bond donors (Lipinski definition) is 1. The number of hydrogen-bond acceptors (Lipinski definition) is 1. The van der Waals surface area contributed by atoms with Crippen LogP contribution < -0.4 is 5.32 Å². The van der Waals surface area contributed by atoms with E-state index in [0.29, 0.717) is 5.69 Å². The maximum Gasteiger partial charge on any atom is 0.418 e. The van der Waals surface area contributed by atoms with Gasteiger partial charge in [-0.3, -0.25) is 0 Å². The minimum atomic E-state index is -4.37. The third-order valence-electron chi connectivity index (χ3n) is 3.26. The van der Waals surface area contributed by atoms with Crippen LogP contribution in [0.3, 0.4) is 0 Å². The van der Waals surface area contributed by atoms with Crippen molar-refractivity contribution in [2.45, 2.75) is 32.4 Å². The van der Waals surface area contributed by atoms with Crippen molar-refractivity contribution in [3.05, 3.63) is 59.7 Å². The van der Waals surface area contributed by atoms with Gasteiger partial charge in [0.25, 0.3) is 0 Å². The largest absolute Gasteiger partial charge is 0.418 e. The van der Waals surface area contributed by atoms with Crippen molar-refractivity contribution in [2.24, 2.45) is 0 Å². The molecule has 0 saturated heterocycles. The summed E-state index contributed by atoms with van der Waals surface area (Å²) in [6.45, 7) is 6.27. The topological polar surface area (TPSA) is 12.0 Å². The van der Waals surface area contributed by atoms with E-state index < -0.39 is 11.7 Å². The van der Waals surface area contributed by atoms with Crippen molar-refractivity contribution < 1.29 is 13.2 Å². The lowest BCUT2D eigenvalue weighted by atomic mass is 9.87. The van der Waals surface area contributed by atoms with Crippen molar-refractivity contribution >= 4 is 11.4 Å². The van der Waals surface area contributed by atoms with Crippen molar-refractivity contribution in [3.8, 4) is 0 Å². The summed E-state index contributed by atoms with van der Waals surface area (Å²) in [7, 11) is 0. The van der Waals surface area contributed by atoms with Crippen LogP contribution in [0.1, 0.15) is 31.9 Å². The molecule has 0 amide bonds. The van der Waals surface area contributed by atoms with Gasteiger partial charge in [0.15, 0.2) is 0 Å². The molecule has 0 unspecified atom stereocenters. The van der Waals surface area contributed by atoms with Crippen LogP contribution in [-0.2, 0) is 11.6 Å². The van der Waals surface area contributed by atoms with Gasteiger partial charge in [-0.15, -0.1) is 0 Å². The van der Waals surface area contributed by atoms with Gasteiger partial charge in [-0.1, -0.05) is 45.0 Å². The molecule has 112 valence electrons. The lowest BCUT2D eigenvalue weighted by Crippen LogP contribution is -2.11. The molecule has 2 aromatic rings. The van der Waals surface area contributed by atoms with E-state index in [4.69, 9.17) is 0 Å². The third-order valence-corrected chi connectivity index (χ3v) is 3.26. The molecular formula is C17H18F3N. The maximum atomic E-state index is 12.9. The van der Waals surface area contributed by atoms with E-state index in [1.54, 1.807) is 18.2 Å². The van der Waals surface area contributed by atoms with Gasteiger partial charge in [0.05, 0.1) is 11.3 Å². The van der Waals surface area contributed by atoms with Crippen LogP contribution in [0, 0.1) is 0 Å².